The molecule has 0 saturated carbocycles. The lowest BCUT2D eigenvalue weighted by Gasteiger charge is -2.46. The zero-order chi connectivity index (χ0) is 18.3. The van der Waals surface area contributed by atoms with Crippen LogP contribution < -0.4 is 11.1 Å². The van der Waals surface area contributed by atoms with Gasteiger partial charge in [0.15, 0.2) is 0 Å². The minimum Gasteiger partial charge on any atom is -0.477 e. The van der Waals surface area contributed by atoms with Gasteiger partial charge in [-0.05, 0) is 13.3 Å². The molecule has 3 heterocycles. The minimum atomic E-state index is -1.07. The molecule has 0 aromatic heterocycles. The number of aliphatic carboxylic acids is 1. The van der Waals surface area contributed by atoms with Gasteiger partial charge in [-0.3, -0.25) is 4.79 Å². The molecule has 3 aliphatic rings. The van der Waals surface area contributed by atoms with E-state index in [1.54, 1.807) is 18.7 Å². The topological polar surface area (TPSA) is 116 Å². The van der Waals surface area contributed by atoms with Gasteiger partial charge in [0.1, 0.15) is 5.70 Å². The molecule has 1 amide bonds. The van der Waals surface area contributed by atoms with Gasteiger partial charge in [-0.25, -0.2) is 4.79 Å². The zero-order valence-corrected chi connectivity index (χ0v) is 15.2. The van der Waals surface area contributed by atoms with Crippen molar-refractivity contribution in [2.45, 2.75) is 43.7 Å². The summed E-state index contributed by atoms with van der Waals surface area (Å²) in [5.41, 5.74) is 5.58. The fourth-order valence-electron chi connectivity index (χ4n) is 4.07. The molecule has 7 nitrogen and oxygen atoms in total. The molecule has 138 valence electrons. The number of amides is 1. The van der Waals surface area contributed by atoms with Gasteiger partial charge in [0, 0.05) is 35.2 Å². The molecule has 8 heteroatoms. The Kier molecular flexibility index (Phi) is 5.24. The number of carbonyl (C=O) groups is 2. The maximum Gasteiger partial charge on any atom is 0.353 e. The van der Waals surface area contributed by atoms with Gasteiger partial charge in [0.2, 0.25) is 5.91 Å². The number of aliphatic hydroxyl groups is 1. The maximum absolute atomic E-state index is 12.3. The fourth-order valence-corrected chi connectivity index (χ4v) is 5.56. The van der Waals surface area contributed by atoms with Gasteiger partial charge in [-0.1, -0.05) is 19.1 Å². The summed E-state index contributed by atoms with van der Waals surface area (Å²) in [5.74, 6) is -1.94. The van der Waals surface area contributed by atoms with Crippen LogP contribution >= 0.6 is 11.8 Å². The van der Waals surface area contributed by atoms with Gasteiger partial charge < -0.3 is 26.2 Å². The highest BCUT2D eigenvalue weighted by Gasteiger charge is 2.60. The molecule has 0 radical (unpaired) electrons. The highest BCUT2D eigenvalue weighted by molar-refractivity contribution is 8.03. The Labute approximate surface area is 151 Å². The highest BCUT2D eigenvalue weighted by atomic mass is 32.2. The Hall–Kier alpha value is -1.35. The first-order valence-corrected chi connectivity index (χ1v) is 9.50. The van der Waals surface area contributed by atoms with Gasteiger partial charge in [0.05, 0.1) is 18.1 Å². The number of rotatable bonds is 6. The zero-order valence-electron chi connectivity index (χ0n) is 14.4. The SMILES string of the molecule is C[C@@H](O)[C@H]1C(=O)N2C(C(=O)O)=C(S[C@@H]3CN[C@H](/C=C\CN)C3)[C@H](C)[C@H]12. The number of nitrogens with zero attached hydrogens (tertiary/aromatic N) is 1. The van der Waals surface area contributed by atoms with Crippen LogP contribution in [0.2, 0.25) is 0 Å². The summed E-state index contributed by atoms with van der Waals surface area (Å²) in [4.78, 5) is 26.2. The third-order valence-electron chi connectivity index (χ3n) is 5.23. The van der Waals surface area contributed by atoms with Crippen molar-refractivity contribution in [1.82, 2.24) is 10.2 Å². The van der Waals surface area contributed by atoms with Crippen molar-refractivity contribution < 1.29 is 19.8 Å². The van der Waals surface area contributed by atoms with Crippen molar-refractivity contribution in [2.24, 2.45) is 17.6 Å². The van der Waals surface area contributed by atoms with Crippen molar-refractivity contribution in [1.29, 1.82) is 0 Å². The first-order chi connectivity index (χ1) is 11.9. The molecular formula is C17H25N3O4S. The van der Waals surface area contributed by atoms with E-state index in [0.29, 0.717) is 6.54 Å². The van der Waals surface area contributed by atoms with Crippen LogP contribution in [0.15, 0.2) is 22.8 Å². The van der Waals surface area contributed by atoms with Crippen LogP contribution in [0, 0.1) is 11.8 Å². The largest absolute Gasteiger partial charge is 0.477 e. The first-order valence-electron chi connectivity index (χ1n) is 8.62. The van der Waals surface area contributed by atoms with E-state index in [-0.39, 0.29) is 34.9 Å². The lowest BCUT2D eigenvalue weighted by atomic mass is 9.79. The third kappa shape index (κ3) is 3.12. The van der Waals surface area contributed by atoms with E-state index in [9.17, 15) is 19.8 Å². The number of thioether (sulfide) groups is 1. The fraction of sp³-hybridized carbons (Fsp3) is 0.647. The molecule has 3 aliphatic heterocycles. The molecular weight excluding hydrogens is 342 g/mol. The lowest BCUT2D eigenvalue weighted by Crippen LogP contribution is -2.63. The van der Waals surface area contributed by atoms with Crippen molar-refractivity contribution in [2.75, 3.05) is 13.1 Å². The Morgan fingerprint density at radius 3 is 2.88 bits per heavy atom. The normalized spacial score (nSPS) is 36.1. The maximum atomic E-state index is 12.3. The average Bonchev–Trinajstić information content (AvgIpc) is 3.08. The van der Waals surface area contributed by atoms with Crippen LogP contribution in [-0.4, -0.2) is 63.5 Å². The van der Waals surface area contributed by atoms with E-state index in [1.165, 1.54) is 4.90 Å². The smallest absolute Gasteiger partial charge is 0.353 e. The number of carboxylic acid groups (broad SMARTS) is 1. The predicted octanol–water partition coefficient (Wildman–Crippen LogP) is 0.119. The molecule has 0 unspecified atom stereocenters. The van der Waals surface area contributed by atoms with Crippen molar-refractivity contribution in [3.05, 3.63) is 22.8 Å². The monoisotopic (exact) mass is 367 g/mol. The molecule has 0 aromatic carbocycles. The Morgan fingerprint density at radius 1 is 1.56 bits per heavy atom. The van der Waals surface area contributed by atoms with Gasteiger partial charge in [0.25, 0.3) is 0 Å². The Balaban J connectivity index is 1.77. The van der Waals surface area contributed by atoms with Crippen molar-refractivity contribution >= 4 is 23.6 Å². The first kappa shape index (κ1) is 18.4. The highest BCUT2D eigenvalue weighted by Crippen LogP contribution is 2.51. The molecule has 0 aromatic rings. The summed E-state index contributed by atoms with van der Waals surface area (Å²) in [6, 6.07) is -0.00101. The molecule has 0 bridgehead atoms. The van der Waals surface area contributed by atoms with Crippen molar-refractivity contribution in [3.63, 3.8) is 0 Å². The van der Waals surface area contributed by atoms with Crippen LogP contribution in [0.5, 0.6) is 0 Å². The van der Waals surface area contributed by atoms with Gasteiger partial charge in [-0.2, -0.15) is 0 Å². The number of aliphatic hydroxyl groups excluding tert-OH is 1. The second-order valence-electron chi connectivity index (χ2n) is 6.93. The predicted molar refractivity (Wildman–Crippen MR) is 95.6 cm³/mol. The van der Waals surface area contributed by atoms with E-state index in [0.717, 1.165) is 17.9 Å². The average molecular weight is 367 g/mol. The number of nitrogens with two attached hydrogens (primary N) is 1. The Morgan fingerprint density at radius 2 is 2.28 bits per heavy atom. The van der Waals surface area contributed by atoms with E-state index in [4.69, 9.17) is 5.73 Å². The van der Waals surface area contributed by atoms with E-state index in [2.05, 4.69) is 5.32 Å². The van der Waals surface area contributed by atoms with E-state index < -0.39 is 18.0 Å². The molecule has 6 atom stereocenters. The number of carbonyl (C=O) groups excluding carboxylic acids is 1. The van der Waals surface area contributed by atoms with E-state index >= 15 is 0 Å². The third-order valence-corrected chi connectivity index (χ3v) is 6.75. The Bertz CT molecular complexity index is 633. The quantitative estimate of drug-likeness (QED) is 0.389. The second-order valence-corrected chi connectivity index (χ2v) is 8.27. The summed E-state index contributed by atoms with van der Waals surface area (Å²) >= 11 is 1.56. The van der Waals surface area contributed by atoms with Crippen LogP contribution in [0.4, 0.5) is 0 Å². The van der Waals surface area contributed by atoms with Crippen LogP contribution in [-0.2, 0) is 9.59 Å². The lowest BCUT2D eigenvalue weighted by molar-refractivity contribution is -0.163. The van der Waals surface area contributed by atoms with Crippen LogP contribution in [0.1, 0.15) is 20.3 Å². The van der Waals surface area contributed by atoms with Crippen molar-refractivity contribution in [3.8, 4) is 0 Å². The van der Waals surface area contributed by atoms with Crippen LogP contribution in [0.25, 0.3) is 0 Å². The molecule has 0 aliphatic carbocycles. The van der Waals surface area contributed by atoms with Crippen LogP contribution in [0.3, 0.4) is 0 Å². The molecule has 2 fully saturated rings. The molecule has 5 N–H and O–H groups in total. The summed E-state index contributed by atoms with van der Waals surface area (Å²) in [6.07, 6.45) is 4.09. The second kappa shape index (κ2) is 7.11. The molecule has 2 saturated heterocycles. The minimum absolute atomic E-state index is 0.0768. The summed E-state index contributed by atoms with van der Waals surface area (Å²) in [5, 5.41) is 23.2. The number of hydrogen-bond acceptors (Lipinski definition) is 6. The summed E-state index contributed by atoms with van der Waals surface area (Å²) < 4.78 is 0. The number of β-lactam (4-membered cyclic amide) rings is 1. The van der Waals surface area contributed by atoms with Gasteiger partial charge >= 0.3 is 5.97 Å². The summed E-state index contributed by atoms with van der Waals surface area (Å²) in [6.45, 7) is 4.83. The number of nitrogens with one attached hydrogen (secondary N) is 1. The number of carboxylic acids is 1. The standard InChI is InChI=1S/C17H25N3O4S/c1-8-13-12(9(2)21)16(22)20(13)14(17(23)24)15(8)25-11-6-10(19-7-11)4-3-5-18/h3-4,8-13,19,21H,5-7,18H2,1-2H3,(H,23,24)/b4-3-/t8-,9-,10-,11+,12-,13-/m1/s1. The molecule has 3 rings (SSSR count). The number of hydrogen-bond donors (Lipinski definition) is 4. The molecule has 0 spiro atoms. The van der Waals surface area contributed by atoms with E-state index in [1.807, 2.05) is 19.1 Å². The number of fused-ring (bicyclic) bond motifs is 1. The van der Waals surface area contributed by atoms with Gasteiger partial charge in [-0.15, -0.1) is 11.8 Å². The summed E-state index contributed by atoms with van der Waals surface area (Å²) in [7, 11) is 0. The molecule has 25 heavy (non-hydrogen) atoms.